The Labute approximate surface area is 88.3 Å². The Hall–Kier alpha value is -0.810. The number of thioether (sulfide) groups is 1. The summed E-state index contributed by atoms with van der Waals surface area (Å²) in [7, 11) is 1.71. The Morgan fingerprint density at radius 3 is 2.93 bits per heavy atom. The van der Waals surface area contributed by atoms with Crippen LogP contribution >= 0.6 is 11.8 Å². The Kier molecular flexibility index (Phi) is 4.69. The van der Waals surface area contributed by atoms with Crippen molar-refractivity contribution in [2.75, 3.05) is 25.2 Å². The highest BCUT2D eigenvalue weighted by Gasteiger charge is 1.99. The molecule has 0 saturated heterocycles. The number of methoxy groups -OCH3 is 1. The summed E-state index contributed by atoms with van der Waals surface area (Å²) in [5, 5.41) is 0.936. The standard InChI is InChI=1S/C9H15N3OS/c1-7-6-8(12-9(10)11-7)14-5-3-4-13-2/h6H,3-5H2,1-2H3,(H2,10,11,12). The van der Waals surface area contributed by atoms with Crippen LogP contribution in [0.4, 0.5) is 5.95 Å². The number of aromatic nitrogens is 2. The summed E-state index contributed by atoms with van der Waals surface area (Å²) < 4.78 is 4.96. The van der Waals surface area contributed by atoms with Crippen LogP contribution in [0.3, 0.4) is 0 Å². The Balaban J connectivity index is 2.42. The molecule has 5 heteroatoms. The van der Waals surface area contributed by atoms with E-state index in [2.05, 4.69) is 9.97 Å². The molecule has 0 amide bonds. The number of hydrogen-bond donors (Lipinski definition) is 1. The first-order valence-corrected chi connectivity index (χ1v) is 5.44. The predicted octanol–water partition coefficient (Wildman–Crippen LogP) is 1.50. The first kappa shape index (κ1) is 11.3. The van der Waals surface area contributed by atoms with Crippen molar-refractivity contribution in [3.05, 3.63) is 11.8 Å². The molecular weight excluding hydrogens is 198 g/mol. The molecule has 1 aromatic heterocycles. The summed E-state index contributed by atoms with van der Waals surface area (Å²) in [4.78, 5) is 8.13. The number of ether oxygens (including phenoxy) is 1. The third-order valence-corrected chi connectivity index (χ3v) is 2.59. The molecule has 0 aromatic carbocycles. The highest BCUT2D eigenvalue weighted by molar-refractivity contribution is 7.99. The lowest BCUT2D eigenvalue weighted by atomic mass is 10.5. The summed E-state index contributed by atoms with van der Waals surface area (Å²) in [6, 6.07) is 1.94. The number of rotatable bonds is 5. The van der Waals surface area contributed by atoms with Gasteiger partial charge in [0.15, 0.2) is 0 Å². The van der Waals surface area contributed by atoms with Crippen LogP contribution in [-0.4, -0.2) is 29.4 Å². The van der Waals surface area contributed by atoms with E-state index in [4.69, 9.17) is 10.5 Å². The van der Waals surface area contributed by atoms with Crippen molar-refractivity contribution < 1.29 is 4.74 Å². The van der Waals surface area contributed by atoms with Crippen LogP contribution in [0.1, 0.15) is 12.1 Å². The van der Waals surface area contributed by atoms with E-state index in [1.165, 1.54) is 0 Å². The topological polar surface area (TPSA) is 61.0 Å². The van der Waals surface area contributed by atoms with Gasteiger partial charge in [0.05, 0.1) is 0 Å². The van der Waals surface area contributed by atoms with E-state index in [9.17, 15) is 0 Å². The lowest BCUT2D eigenvalue weighted by molar-refractivity contribution is 0.200. The molecule has 14 heavy (non-hydrogen) atoms. The number of nitrogens with two attached hydrogens (primary N) is 1. The molecule has 0 aliphatic rings. The summed E-state index contributed by atoms with van der Waals surface area (Å²) >= 11 is 1.68. The molecule has 0 aliphatic heterocycles. The van der Waals surface area contributed by atoms with Gasteiger partial charge in [0.1, 0.15) is 5.03 Å². The second-order valence-electron chi connectivity index (χ2n) is 2.90. The molecule has 0 unspecified atom stereocenters. The van der Waals surface area contributed by atoms with Crippen LogP contribution in [0.15, 0.2) is 11.1 Å². The average Bonchev–Trinajstić information content (AvgIpc) is 2.11. The molecule has 0 fully saturated rings. The number of hydrogen-bond acceptors (Lipinski definition) is 5. The maximum absolute atomic E-state index is 5.53. The Morgan fingerprint density at radius 1 is 1.50 bits per heavy atom. The van der Waals surface area contributed by atoms with Gasteiger partial charge in [-0.2, -0.15) is 0 Å². The van der Waals surface area contributed by atoms with Gasteiger partial charge in [-0.25, -0.2) is 9.97 Å². The Bertz CT molecular complexity index is 273. The second kappa shape index (κ2) is 5.82. The molecule has 1 rings (SSSR count). The molecule has 0 radical (unpaired) electrons. The summed E-state index contributed by atoms with van der Waals surface area (Å²) in [6.07, 6.45) is 1.02. The highest BCUT2D eigenvalue weighted by Crippen LogP contribution is 2.17. The monoisotopic (exact) mass is 213 g/mol. The van der Waals surface area contributed by atoms with E-state index >= 15 is 0 Å². The van der Waals surface area contributed by atoms with Crippen molar-refractivity contribution in [3.63, 3.8) is 0 Å². The minimum atomic E-state index is 0.347. The quantitative estimate of drug-likeness (QED) is 0.456. The van der Waals surface area contributed by atoms with Crippen molar-refractivity contribution in [1.29, 1.82) is 0 Å². The molecule has 1 aromatic rings. The van der Waals surface area contributed by atoms with Crippen LogP contribution in [0, 0.1) is 6.92 Å². The molecule has 4 nitrogen and oxygen atoms in total. The smallest absolute Gasteiger partial charge is 0.221 e. The van der Waals surface area contributed by atoms with E-state index in [1.807, 2.05) is 13.0 Å². The van der Waals surface area contributed by atoms with Gasteiger partial charge in [0, 0.05) is 25.2 Å². The van der Waals surface area contributed by atoms with Crippen molar-refractivity contribution in [1.82, 2.24) is 9.97 Å². The second-order valence-corrected chi connectivity index (χ2v) is 4.02. The van der Waals surface area contributed by atoms with Crippen molar-refractivity contribution in [2.24, 2.45) is 0 Å². The summed E-state index contributed by atoms with van der Waals surface area (Å²) in [6.45, 7) is 2.70. The fraction of sp³-hybridized carbons (Fsp3) is 0.556. The van der Waals surface area contributed by atoms with Crippen LogP contribution in [0.5, 0.6) is 0 Å². The van der Waals surface area contributed by atoms with E-state index in [0.29, 0.717) is 5.95 Å². The average molecular weight is 213 g/mol. The van der Waals surface area contributed by atoms with Crippen molar-refractivity contribution >= 4 is 17.7 Å². The lowest BCUT2D eigenvalue weighted by Crippen LogP contribution is -1.98. The van der Waals surface area contributed by atoms with Gasteiger partial charge in [-0.1, -0.05) is 0 Å². The summed E-state index contributed by atoms with van der Waals surface area (Å²) in [5.74, 6) is 1.34. The summed E-state index contributed by atoms with van der Waals surface area (Å²) in [5.41, 5.74) is 6.44. The van der Waals surface area contributed by atoms with E-state index in [1.54, 1.807) is 18.9 Å². The molecule has 0 bridgehead atoms. The van der Waals surface area contributed by atoms with Gasteiger partial charge in [-0.3, -0.25) is 0 Å². The molecule has 0 spiro atoms. The third-order valence-electron chi connectivity index (χ3n) is 1.59. The predicted molar refractivity (Wildman–Crippen MR) is 58.4 cm³/mol. The first-order chi connectivity index (χ1) is 6.72. The zero-order chi connectivity index (χ0) is 10.4. The highest BCUT2D eigenvalue weighted by atomic mass is 32.2. The van der Waals surface area contributed by atoms with Gasteiger partial charge in [0.2, 0.25) is 5.95 Å². The normalized spacial score (nSPS) is 10.4. The minimum absolute atomic E-state index is 0.347. The fourth-order valence-corrected chi connectivity index (χ4v) is 1.90. The van der Waals surface area contributed by atoms with E-state index < -0.39 is 0 Å². The SMILES string of the molecule is COCCCSc1cc(C)nc(N)n1. The van der Waals surface area contributed by atoms with Gasteiger partial charge >= 0.3 is 0 Å². The fourth-order valence-electron chi connectivity index (χ4n) is 1.02. The van der Waals surface area contributed by atoms with Crippen LogP contribution in [0.2, 0.25) is 0 Å². The van der Waals surface area contributed by atoms with E-state index in [0.717, 1.165) is 29.5 Å². The van der Waals surface area contributed by atoms with Gasteiger partial charge in [-0.05, 0) is 19.4 Å². The number of aryl methyl sites for hydroxylation is 1. The molecule has 0 aliphatic carbocycles. The van der Waals surface area contributed by atoms with Crippen molar-refractivity contribution in [3.8, 4) is 0 Å². The number of anilines is 1. The number of nitrogen functional groups attached to an aromatic ring is 1. The molecular formula is C9H15N3OS. The third kappa shape index (κ3) is 3.93. The Morgan fingerprint density at radius 2 is 2.29 bits per heavy atom. The minimum Gasteiger partial charge on any atom is -0.385 e. The molecule has 78 valence electrons. The van der Waals surface area contributed by atoms with Gasteiger partial charge < -0.3 is 10.5 Å². The van der Waals surface area contributed by atoms with Crippen LogP contribution < -0.4 is 5.73 Å². The van der Waals surface area contributed by atoms with Crippen molar-refractivity contribution in [2.45, 2.75) is 18.4 Å². The lowest BCUT2D eigenvalue weighted by Gasteiger charge is -2.02. The first-order valence-electron chi connectivity index (χ1n) is 4.45. The molecule has 0 atom stereocenters. The molecule has 1 heterocycles. The zero-order valence-electron chi connectivity index (χ0n) is 8.49. The molecule has 0 saturated carbocycles. The number of nitrogens with zero attached hydrogens (tertiary/aromatic N) is 2. The van der Waals surface area contributed by atoms with E-state index in [-0.39, 0.29) is 0 Å². The van der Waals surface area contributed by atoms with Crippen LogP contribution in [0.25, 0.3) is 0 Å². The maximum atomic E-state index is 5.53. The largest absolute Gasteiger partial charge is 0.385 e. The van der Waals surface area contributed by atoms with Gasteiger partial charge in [-0.15, -0.1) is 11.8 Å². The van der Waals surface area contributed by atoms with Gasteiger partial charge in [0.25, 0.3) is 0 Å². The molecule has 2 N–H and O–H groups in total. The zero-order valence-corrected chi connectivity index (χ0v) is 9.30. The van der Waals surface area contributed by atoms with Crippen LogP contribution in [-0.2, 0) is 4.74 Å². The maximum Gasteiger partial charge on any atom is 0.221 e.